The van der Waals surface area contributed by atoms with Gasteiger partial charge in [-0.15, -0.1) is 0 Å². The van der Waals surface area contributed by atoms with E-state index in [9.17, 15) is 14.7 Å². The number of thioether (sulfide) groups is 1. The number of rotatable bonds is 5. The Morgan fingerprint density at radius 2 is 2.24 bits per heavy atom. The third-order valence-electron chi connectivity index (χ3n) is 2.85. The van der Waals surface area contributed by atoms with Crippen LogP contribution in [0, 0.1) is 5.92 Å². The molecule has 1 unspecified atom stereocenters. The van der Waals surface area contributed by atoms with Crippen LogP contribution in [0.1, 0.15) is 33.6 Å². The smallest absolute Gasteiger partial charge is 0.224 e. The molecule has 0 saturated carbocycles. The summed E-state index contributed by atoms with van der Waals surface area (Å²) < 4.78 is 0. The molecule has 1 amide bonds. The molecule has 1 fully saturated rings. The molecule has 98 valence electrons. The fourth-order valence-electron chi connectivity index (χ4n) is 2.21. The first kappa shape index (κ1) is 14.5. The maximum atomic E-state index is 11.8. The summed E-state index contributed by atoms with van der Waals surface area (Å²) in [5.74, 6) is 0.503. The summed E-state index contributed by atoms with van der Waals surface area (Å²) in [7, 11) is 0. The summed E-state index contributed by atoms with van der Waals surface area (Å²) in [6.45, 7) is 6.26. The van der Waals surface area contributed by atoms with E-state index in [0.29, 0.717) is 18.9 Å². The van der Waals surface area contributed by atoms with Crippen molar-refractivity contribution in [2.45, 2.75) is 44.9 Å². The van der Waals surface area contributed by atoms with Gasteiger partial charge in [-0.2, -0.15) is 0 Å². The van der Waals surface area contributed by atoms with E-state index < -0.39 is 0 Å². The SMILES string of the molecule is CC(=O)SC1CC(=O)N([C@H](CO)CC(C)C)C1. The van der Waals surface area contributed by atoms with Crippen molar-refractivity contribution in [3.8, 4) is 0 Å². The van der Waals surface area contributed by atoms with Crippen LogP contribution >= 0.6 is 11.8 Å². The Kier molecular flexibility index (Phi) is 5.46. The summed E-state index contributed by atoms with van der Waals surface area (Å²) in [5.41, 5.74) is 0. The lowest BCUT2D eigenvalue weighted by molar-refractivity contribution is -0.130. The number of aliphatic hydroxyl groups is 1. The quantitative estimate of drug-likeness (QED) is 0.808. The van der Waals surface area contributed by atoms with Crippen LogP contribution in [0.5, 0.6) is 0 Å². The molecule has 1 aliphatic heterocycles. The van der Waals surface area contributed by atoms with Crippen LogP contribution in [-0.2, 0) is 9.59 Å². The standard InChI is InChI=1S/C12H21NO3S/c1-8(2)4-10(7-14)13-6-11(5-12(13)16)17-9(3)15/h8,10-11,14H,4-7H2,1-3H3/t10-,11?/m0/s1. The number of aliphatic hydroxyl groups excluding tert-OH is 1. The zero-order chi connectivity index (χ0) is 13.0. The molecule has 0 bridgehead atoms. The number of amides is 1. The molecule has 4 nitrogen and oxygen atoms in total. The fourth-order valence-corrected chi connectivity index (χ4v) is 3.14. The average molecular weight is 259 g/mol. The Bertz CT molecular complexity index is 293. The number of hydrogen-bond donors (Lipinski definition) is 1. The van der Waals surface area contributed by atoms with Gasteiger partial charge in [0, 0.05) is 25.1 Å². The molecule has 1 aliphatic rings. The first-order valence-corrected chi connectivity index (χ1v) is 6.89. The Hall–Kier alpha value is -0.550. The lowest BCUT2D eigenvalue weighted by Gasteiger charge is -2.27. The van der Waals surface area contributed by atoms with Gasteiger partial charge in [-0.25, -0.2) is 0 Å². The molecule has 17 heavy (non-hydrogen) atoms. The molecular formula is C12H21NO3S. The molecule has 0 aliphatic carbocycles. The van der Waals surface area contributed by atoms with Gasteiger partial charge >= 0.3 is 0 Å². The van der Waals surface area contributed by atoms with Crippen LogP contribution in [0.25, 0.3) is 0 Å². The summed E-state index contributed by atoms with van der Waals surface area (Å²) in [6.07, 6.45) is 1.22. The van der Waals surface area contributed by atoms with Gasteiger partial charge in [-0.3, -0.25) is 9.59 Å². The molecule has 0 aromatic rings. The van der Waals surface area contributed by atoms with Gasteiger partial charge in [0.2, 0.25) is 5.91 Å². The largest absolute Gasteiger partial charge is 0.394 e. The molecule has 1 saturated heterocycles. The number of nitrogens with zero attached hydrogens (tertiary/aromatic N) is 1. The lowest BCUT2D eigenvalue weighted by atomic mass is 10.0. The van der Waals surface area contributed by atoms with Crippen LogP contribution in [0.2, 0.25) is 0 Å². The predicted octanol–water partition coefficient (Wildman–Crippen LogP) is 1.27. The Labute approximate surface area is 107 Å². The van der Waals surface area contributed by atoms with E-state index in [1.54, 1.807) is 4.90 Å². The molecular weight excluding hydrogens is 238 g/mol. The first-order chi connectivity index (χ1) is 7.93. The Balaban J connectivity index is 2.58. The van der Waals surface area contributed by atoms with Gasteiger partial charge in [0.25, 0.3) is 0 Å². The van der Waals surface area contributed by atoms with E-state index >= 15 is 0 Å². The molecule has 1 rings (SSSR count). The van der Waals surface area contributed by atoms with E-state index in [4.69, 9.17) is 0 Å². The third kappa shape index (κ3) is 4.32. The van der Waals surface area contributed by atoms with Gasteiger partial charge in [-0.05, 0) is 12.3 Å². The highest BCUT2D eigenvalue weighted by atomic mass is 32.2. The van der Waals surface area contributed by atoms with Crippen LogP contribution in [0.15, 0.2) is 0 Å². The van der Waals surface area contributed by atoms with Crippen LogP contribution < -0.4 is 0 Å². The van der Waals surface area contributed by atoms with Crippen molar-refractivity contribution in [2.24, 2.45) is 5.92 Å². The van der Waals surface area contributed by atoms with Crippen molar-refractivity contribution < 1.29 is 14.7 Å². The van der Waals surface area contributed by atoms with Gasteiger partial charge in [0.15, 0.2) is 5.12 Å². The number of likely N-dealkylation sites (tertiary alicyclic amines) is 1. The molecule has 0 aromatic heterocycles. The van der Waals surface area contributed by atoms with Crippen LogP contribution in [0.4, 0.5) is 0 Å². The highest BCUT2D eigenvalue weighted by Crippen LogP contribution is 2.27. The Morgan fingerprint density at radius 3 is 2.71 bits per heavy atom. The zero-order valence-electron chi connectivity index (χ0n) is 10.7. The van der Waals surface area contributed by atoms with Crippen molar-refractivity contribution in [1.29, 1.82) is 0 Å². The normalized spacial score (nSPS) is 22.3. The molecule has 1 heterocycles. The topological polar surface area (TPSA) is 57.6 Å². The lowest BCUT2D eigenvalue weighted by Crippen LogP contribution is -2.40. The number of carbonyl (C=O) groups is 2. The molecule has 0 spiro atoms. The summed E-state index contributed by atoms with van der Waals surface area (Å²) in [5, 5.41) is 9.46. The van der Waals surface area contributed by atoms with E-state index in [1.165, 1.54) is 18.7 Å². The van der Waals surface area contributed by atoms with Crippen molar-refractivity contribution in [2.75, 3.05) is 13.2 Å². The maximum Gasteiger partial charge on any atom is 0.224 e. The number of carbonyl (C=O) groups excluding carboxylic acids is 2. The maximum absolute atomic E-state index is 11.8. The van der Waals surface area contributed by atoms with Crippen LogP contribution in [-0.4, -0.2) is 45.5 Å². The van der Waals surface area contributed by atoms with Gasteiger partial charge in [0.05, 0.1) is 12.6 Å². The highest BCUT2D eigenvalue weighted by molar-refractivity contribution is 8.14. The monoisotopic (exact) mass is 259 g/mol. The fraction of sp³-hybridized carbons (Fsp3) is 0.833. The van der Waals surface area contributed by atoms with E-state index in [2.05, 4.69) is 13.8 Å². The van der Waals surface area contributed by atoms with E-state index in [0.717, 1.165) is 6.42 Å². The molecule has 1 N–H and O–H groups in total. The van der Waals surface area contributed by atoms with Gasteiger partial charge in [0.1, 0.15) is 0 Å². The molecule has 2 atom stereocenters. The molecule has 0 radical (unpaired) electrons. The van der Waals surface area contributed by atoms with Gasteiger partial charge in [-0.1, -0.05) is 25.6 Å². The van der Waals surface area contributed by atoms with Crippen molar-refractivity contribution in [3.63, 3.8) is 0 Å². The van der Waals surface area contributed by atoms with E-state index in [-0.39, 0.29) is 28.9 Å². The summed E-state index contributed by atoms with van der Waals surface area (Å²) >= 11 is 1.23. The minimum atomic E-state index is -0.0972. The second-order valence-corrected chi connectivity index (χ2v) is 6.42. The second-order valence-electron chi connectivity index (χ2n) is 4.95. The summed E-state index contributed by atoms with van der Waals surface area (Å²) in [6, 6.07) is -0.0972. The average Bonchev–Trinajstić information content (AvgIpc) is 2.54. The number of hydrogen-bond acceptors (Lipinski definition) is 4. The van der Waals surface area contributed by atoms with E-state index in [1.807, 2.05) is 0 Å². The van der Waals surface area contributed by atoms with Crippen molar-refractivity contribution >= 4 is 22.8 Å². The summed E-state index contributed by atoms with van der Waals surface area (Å²) in [4.78, 5) is 24.6. The zero-order valence-corrected chi connectivity index (χ0v) is 11.5. The highest BCUT2D eigenvalue weighted by Gasteiger charge is 2.35. The minimum Gasteiger partial charge on any atom is -0.394 e. The third-order valence-corrected chi connectivity index (χ3v) is 3.83. The first-order valence-electron chi connectivity index (χ1n) is 6.01. The predicted molar refractivity (Wildman–Crippen MR) is 68.7 cm³/mol. The Morgan fingerprint density at radius 1 is 1.59 bits per heavy atom. The molecule has 0 aromatic carbocycles. The van der Waals surface area contributed by atoms with Crippen molar-refractivity contribution in [1.82, 2.24) is 4.90 Å². The van der Waals surface area contributed by atoms with Crippen molar-refractivity contribution in [3.05, 3.63) is 0 Å². The minimum absolute atomic E-state index is 0.00137. The molecule has 5 heteroatoms. The second kappa shape index (κ2) is 6.40. The van der Waals surface area contributed by atoms with Gasteiger partial charge < -0.3 is 10.0 Å². The van der Waals surface area contributed by atoms with Crippen LogP contribution in [0.3, 0.4) is 0 Å².